The van der Waals surface area contributed by atoms with Gasteiger partial charge in [0.05, 0.1) is 12.0 Å². The molecular formula is C20H25NO4S2. The zero-order chi connectivity index (χ0) is 19.4. The molecule has 0 spiro atoms. The fourth-order valence-electron chi connectivity index (χ4n) is 3.43. The molecule has 1 aromatic heterocycles. The van der Waals surface area contributed by atoms with Crippen LogP contribution in [-0.2, 0) is 19.6 Å². The lowest BCUT2D eigenvalue weighted by atomic mass is 10.0. The Hall–Kier alpha value is -1.70. The average Bonchev–Trinajstić information content (AvgIpc) is 3.39. The van der Waals surface area contributed by atoms with Crippen LogP contribution in [0.25, 0.3) is 0 Å². The second-order valence-corrected chi connectivity index (χ2v) is 10.1. The van der Waals surface area contributed by atoms with Crippen LogP contribution in [0.1, 0.15) is 44.3 Å². The van der Waals surface area contributed by atoms with Gasteiger partial charge in [0.2, 0.25) is 0 Å². The lowest BCUT2D eigenvalue weighted by molar-refractivity contribution is -0.156. The second-order valence-electron chi connectivity index (χ2n) is 6.94. The van der Waals surface area contributed by atoms with Crippen molar-refractivity contribution in [1.29, 1.82) is 0 Å². The molecule has 2 atom stereocenters. The van der Waals surface area contributed by atoms with Gasteiger partial charge in [-0.1, -0.05) is 49.2 Å². The largest absolute Gasteiger partial charge is 0.456 e. The standard InChI is InChI=1S/C20H25NO4S2/c1-15(21(2)27(23,24)18-13-8-14-26-18)19(16-9-4-3-5-10-16)25-20(22)17-11-6-7-12-17/h3-5,8-10,13-15,17,19H,6-7,11-12H2,1-2H3/t15-,19-/m1/s1. The van der Waals surface area contributed by atoms with Gasteiger partial charge in [-0.3, -0.25) is 4.79 Å². The van der Waals surface area contributed by atoms with Crippen LogP contribution in [0, 0.1) is 5.92 Å². The number of carbonyl (C=O) groups excluding carboxylic acids is 1. The number of thiophene rings is 1. The van der Waals surface area contributed by atoms with Crippen LogP contribution in [0.5, 0.6) is 0 Å². The first-order valence-corrected chi connectivity index (χ1v) is 11.5. The first-order chi connectivity index (χ1) is 12.9. The van der Waals surface area contributed by atoms with E-state index in [0.29, 0.717) is 0 Å². The predicted octanol–water partition coefficient (Wildman–Crippen LogP) is 4.23. The quantitative estimate of drug-likeness (QED) is 0.644. The molecule has 0 radical (unpaired) electrons. The van der Waals surface area contributed by atoms with Crippen LogP contribution < -0.4 is 0 Å². The number of hydrogen-bond acceptors (Lipinski definition) is 5. The zero-order valence-corrected chi connectivity index (χ0v) is 17.2. The van der Waals surface area contributed by atoms with Gasteiger partial charge in [-0.2, -0.15) is 4.31 Å². The summed E-state index contributed by atoms with van der Waals surface area (Å²) in [6.07, 6.45) is 3.12. The highest BCUT2D eigenvalue weighted by molar-refractivity contribution is 7.91. The fraction of sp³-hybridized carbons (Fsp3) is 0.450. The van der Waals surface area contributed by atoms with Crippen LogP contribution in [-0.4, -0.2) is 31.8 Å². The molecule has 5 nitrogen and oxygen atoms in total. The molecule has 1 saturated carbocycles. The van der Waals surface area contributed by atoms with Gasteiger partial charge in [0.25, 0.3) is 10.0 Å². The number of ether oxygens (including phenoxy) is 1. The number of rotatable bonds is 7. The minimum Gasteiger partial charge on any atom is -0.456 e. The van der Waals surface area contributed by atoms with Crippen LogP contribution >= 0.6 is 11.3 Å². The maximum Gasteiger partial charge on any atom is 0.309 e. The van der Waals surface area contributed by atoms with E-state index in [4.69, 9.17) is 4.74 Å². The summed E-state index contributed by atoms with van der Waals surface area (Å²) in [4.78, 5) is 12.6. The number of esters is 1. The highest BCUT2D eigenvalue weighted by Crippen LogP contribution is 2.32. The van der Waals surface area contributed by atoms with Crippen molar-refractivity contribution in [3.8, 4) is 0 Å². The highest BCUT2D eigenvalue weighted by Gasteiger charge is 2.35. The van der Waals surface area contributed by atoms with E-state index in [9.17, 15) is 13.2 Å². The number of sulfonamides is 1. The number of nitrogens with zero attached hydrogens (tertiary/aromatic N) is 1. The van der Waals surface area contributed by atoms with E-state index in [1.165, 1.54) is 15.6 Å². The van der Waals surface area contributed by atoms with Crippen molar-refractivity contribution in [3.05, 3.63) is 53.4 Å². The van der Waals surface area contributed by atoms with E-state index in [-0.39, 0.29) is 16.1 Å². The SMILES string of the molecule is C[C@H]([C@@H](OC(=O)C1CCCC1)c1ccccc1)N(C)S(=O)(=O)c1cccs1. The van der Waals surface area contributed by atoms with Crippen molar-refractivity contribution in [3.63, 3.8) is 0 Å². The Morgan fingerprint density at radius 3 is 2.41 bits per heavy atom. The molecule has 0 N–H and O–H groups in total. The summed E-state index contributed by atoms with van der Waals surface area (Å²) in [6, 6.07) is 12.1. The number of likely N-dealkylation sites (N-methyl/N-ethyl adjacent to an activating group) is 1. The van der Waals surface area contributed by atoms with Crippen LogP contribution in [0.3, 0.4) is 0 Å². The van der Waals surface area contributed by atoms with E-state index in [1.54, 1.807) is 31.5 Å². The third-order valence-electron chi connectivity index (χ3n) is 5.20. The molecular weight excluding hydrogens is 382 g/mol. The fourth-order valence-corrected chi connectivity index (χ4v) is 5.97. The summed E-state index contributed by atoms with van der Waals surface area (Å²) in [5.74, 6) is -0.308. The molecule has 1 aliphatic rings. The summed E-state index contributed by atoms with van der Waals surface area (Å²) in [5, 5.41) is 1.74. The van der Waals surface area contributed by atoms with Crippen LogP contribution in [0.2, 0.25) is 0 Å². The minimum absolute atomic E-state index is 0.0809. The van der Waals surface area contributed by atoms with E-state index >= 15 is 0 Å². The maximum absolute atomic E-state index is 12.9. The van der Waals surface area contributed by atoms with Gasteiger partial charge in [0.15, 0.2) is 0 Å². The molecule has 2 aromatic rings. The van der Waals surface area contributed by atoms with E-state index in [0.717, 1.165) is 31.2 Å². The normalized spacial score (nSPS) is 17.7. The predicted molar refractivity (Wildman–Crippen MR) is 106 cm³/mol. The number of benzene rings is 1. The molecule has 1 aromatic carbocycles. The molecule has 0 bridgehead atoms. The Labute approximate surface area is 165 Å². The molecule has 1 aliphatic carbocycles. The summed E-state index contributed by atoms with van der Waals surface area (Å²) in [5.41, 5.74) is 0.796. The van der Waals surface area contributed by atoms with E-state index in [1.807, 2.05) is 30.3 Å². The van der Waals surface area contributed by atoms with Crippen molar-refractivity contribution in [2.45, 2.75) is 49.0 Å². The Bertz CT molecular complexity index is 843. The lowest BCUT2D eigenvalue weighted by Gasteiger charge is -2.31. The summed E-state index contributed by atoms with van der Waals surface area (Å²) < 4.78 is 33.3. The average molecular weight is 408 g/mol. The molecule has 3 rings (SSSR count). The highest BCUT2D eigenvalue weighted by atomic mass is 32.2. The van der Waals surface area contributed by atoms with Gasteiger partial charge in [-0.05, 0) is 36.8 Å². The van der Waals surface area contributed by atoms with Gasteiger partial charge in [-0.15, -0.1) is 11.3 Å². The lowest BCUT2D eigenvalue weighted by Crippen LogP contribution is -2.40. The van der Waals surface area contributed by atoms with Gasteiger partial charge in [0.1, 0.15) is 10.3 Å². The van der Waals surface area contributed by atoms with E-state index < -0.39 is 22.2 Å². The summed E-state index contributed by atoms with van der Waals surface area (Å²) >= 11 is 1.18. The van der Waals surface area contributed by atoms with Crippen molar-refractivity contribution >= 4 is 27.3 Å². The van der Waals surface area contributed by atoms with Gasteiger partial charge < -0.3 is 4.74 Å². The Morgan fingerprint density at radius 2 is 1.81 bits per heavy atom. The van der Waals surface area contributed by atoms with Crippen molar-refractivity contribution in [2.75, 3.05) is 7.05 Å². The maximum atomic E-state index is 12.9. The Morgan fingerprint density at radius 1 is 1.15 bits per heavy atom. The molecule has 0 aliphatic heterocycles. The Balaban J connectivity index is 1.86. The smallest absolute Gasteiger partial charge is 0.309 e. The molecule has 0 amide bonds. The molecule has 1 heterocycles. The monoisotopic (exact) mass is 407 g/mol. The van der Waals surface area contributed by atoms with Gasteiger partial charge in [0, 0.05) is 7.05 Å². The van der Waals surface area contributed by atoms with E-state index in [2.05, 4.69) is 0 Å². The molecule has 27 heavy (non-hydrogen) atoms. The summed E-state index contributed by atoms with van der Waals surface area (Å²) in [6.45, 7) is 1.78. The second kappa shape index (κ2) is 8.54. The first kappa shape index (κ1) is 20.0. The third-order valence-corrected chi connectivity index (χ3v) is 8.52. The molecule has 146 valence electrons. The Kier molecular flexibility index (Phi) is 6.34. The van der Waals surface area contributed by atoms with Crippen molar-refractivity contribution < 1.29 is 17.9 Å². The number of hydrogen-bond donors (Lipinski definition) is 0. The molecule has 0 unspecified atom stereocenters. The van der Waals surface area contributed by atoms with Gasteiger partial charge in [-0.25, -0.2) is 8.42 Å². The van der Waals surface area contributed by atoms with Crippen molar-refractivity contribution in [2.24, 2.45) is 5.92 Å². The van der Waals surface area contributed by atoms with Crippen molar-refractivity contribution in [1.82, 2.24) is 4.31 Å². The number of carbonyl (C=O) groups is 1. The zero-order valence-electron chi connectivity index (χ0n) is 15.6. The molecule has 1 fully saturated rings. The molecule has 0 saturated heterocycles. The third kappa shape index (κ3) is 4.42. The first-order valence-electron chi connectivity index (χ1n) is 9.18. The topological polar surface area (TPSA) is 63.7 Å². The summed E-state index contributed by atoms with van der Waals surface area (Å²) in [7, 11) is -2.10. The van der Waals surface area contributed by atoms with Gasteiger partial charge >= 0.3 is 5.97 Å². The minimum atomic E-state index is -3.64. The van der Waals surface area contributed by atoms with Crippen LogP contribution in [0.15, 0.2) is 52.1 Å². The van der Waals surface area contributed by atoms with Crippen LogP contribution in [0.4, 0.5) is 0 Å². The molecule has 7 heteroatoms.